The van der Waals surface area contributed by atoms with E-state index in [1.165, 1.54) is 19.1 Å². The van der Waals surface area contributed by atoms with Gasteiger partial charge in [0.1, 0.15) is 11.9 Å². The Morgan fingerprint density at radius 3 is 2.17 bits per heavy atom. The second kappa shape index (κ2) is 15.0. The Hall–Kier alpha value is -3.41. The number of rotatable bonds is 12. The van der Waals surface area contributed by atoms with E-state index in [1.807, 2.05) is 0 Å². The highest BCUT2D eigenvalue weighted by molar-refractivity contribution is 6.39. The van der Waals surface area contributed by atoms with Gasteiger partial charge in [-0.3, -0.25) is 14.4 Å². The van der Waals surface area contributed by atoms with Gasteiger partial charge in [0.15, 0.2) is 0 Å². The van der Waals surface area contributed by atoms with Crippen LogP contribution in [0.15, 0.2) is 41.3 Å². The molecule has 0 aliphatic carbocycles. The van der Waals surface area contributed by atoms with Gasteiger partial charge in [-0.15, -0.1) is 0 Å². The van der Waals surface area contributed by atoms with Gasteiger partial charge in [-0.1, -0.05) is 37.0 Å². The number of nitrogens with one attached hydrogen (secondary N) is 1. The number of benzene rings is 2. The summed E-state index contributed by atoms with van der Waals surface area (Å²) in [6, 6.07) is 3.93. The van der Waals surface area contributed by atoms with Crippen LogP contribution in [0.1, 0.15) is 66.6 Å². The van der Waals surface area contributed by atoms with Gasteiger partial charge in [-0.05, 0) is 93.2 Å². The molecule has 0 spiro atoms. The molecule has 2 unspecified atom stereocenters. The van der Waals surface area contributed by atoms with Crippen molar-refractivity contribution in [1.29, 1.82) is 0 Å². The fraction of sp³-hybridized carbons (Fsp3) is 0.424. The topological polar surface area (TPSA) is 91.6 Å². The quantitative estimate of drug-likeness (QED) is 0.192. The summed E-state index contributed by atoms with van der Waals surface area (Å²) in [5, 5.41) is 12.9. The molecule has 0 fully saturated rings. The standard InChI is InChI=1S/C33H37Cl2F4N3O4/c1-17(2)9-27(42-16-20(7-8-41(5)6)23(14-28(42)43)33(37,38)39)32(46)40-26(15-29(44)45)22-13-21(12-19(4)31(22)36)30-24(34)10-18(3)11-25(30)35/h10-14,16-17,26-27H,7-9,15H2,1-6H3,(H,40,46)(H,44,45). The molecule has 1 heterocycles. The zero-order valence-electron chi connectivity index (χ0n) is 26.4. The summed E-state index contributed by atoms with van der Waals surface area (Å²) in [5.74, 6) is -3.18. The second-order valence-electron chi connectivity index (χ2n) is 12.1. The summed E-state index contributed by atoms with van der Waals surface area (Å²) in [5.41, 5.74) is -0.787. The lowest BCUT2D eigenvalue weighted by atomic mass is 9.93. The van der Waals surface area contributed by atoms with Crippen LogP contribution in [0.3, 0.4) is 0 Å². The number of halogens is 6. The molecule has 13 heteroatoms. The van der Waals surface area contributed by atoms with E-state index in [1.54, 1.807) is 51.9 Å². The largest absolute Gasteiger partial charge is 0.481 e. The van der Waals surface area contributed by atoms with E-state index in [0.29, 0.717) is 17.2 Å². The third kappa shape index (κ3) is 9.11. The minimum absolute atomic E-state index is 0.0279. The average molecular weight is 687 g/mol. The highest BCUT2D eigenvalue weighted by Gasteiger charge is 2.36. The van der Waals surface area contributed by atoms with Crippen molar-refractivity contribution in [2.24, 2.45) is 5.92 Å². The van der Waals surface area contributed by atoms with E-state index in [2.05, 4.69) is 5.32 Å². The van der Waals surface area contributed by atoms with Crippen LogP contribution in [-0.4, -0.2) is 47.1 Å². The summed E-state index contributed by atoms with van der Waals surface area (Å²) in [6.45, 7) is 7.03. The lowest BCUT2D eigenvalue weighted by Crippen LogP contribution is -2.41. The normalized spacial score (nSPS) is 13.3. The Labute approximate surface area is 275 Å². The number of pyridine rings is 1. The Kier molecular flexibility index (Phi) is 12.1. The van der Waals surface area contributed by atoms with E-state index in [0.717, 1.165) is 16.3 Å². The van der Waals surface area contributed by atoms with E-state index in [9.17, 15) is 32.7 Å². The molecule has 46 heavy (non-hydrogen) atoms. The van der Waals surface area contributed by atoms with Crippen molar-refractivity contribution in [2.75, 3.05) is 20.6 Å². The Bertz CT molecular complexity index is 1650. The van der Waals surface area contributed by atoms with Crippen LogP contribution in [0.25, 0.3) is 11.1 Å². The Morgan fingerprint density at radius 2 is 1.65 bits per heavy atom. The van der Waals surface area contributed by atoms with Crippen LogP contribution < -0.4 is 10.9 Å². The molecule has 3 aromatic rings. The highest BCUT2D eigenvalue weighted by atomic mass is 35.5. The number of aliphatic carboxylic acids is 1. The van der Waals surface area contributed by atoms with E-state index >= 15 is 4.39 Å². The lowest BCUT2D eigenvalue weighted by molar-refractivity contribution is -0.139. The molecule has 0 bridgehead atoms. The maximum absolute atomic E-state index is 15.7. The van der Waals surface area contributed by atoms with Crippen LogP contribution in [0.4, 0.5) is 17.6 Å². The fourth-order valence-corrected chi connectivity index (χ4v) is 6.10. The number of carbonyl (C=O) groups is 2. The van der Waals surface area contributed by atoms with Gasteiger partial charge in [0, 0.05) is 29.9 Å². The zero-order chi connectivity index (χ0) is 34.7. The molecule has 2 atom stereocenters. The number of likely N-dealkylation sites (N-methyl/N-ethyl adjacent to an activating group) is 1. The molecular formula is C33H37Cl2F4N3O4. The van der Waals surface area contributed by atoms with Gasteiger partial charge in [-0.25, -0.2) is 4.39 Å². The van der Waals surface area contributed by atoms with Crippen molar-refractivity contribution in [2.45, 2.75) is 65.2 Å². The second-order valence-corrected chi connectivity index (χ2v) is 12.9. The smallest absolute Gasteiger partial charge is 0.416 e. The predicted octanol–water partition coefficient (Wildman–Crippen LogP) is 7.62. The van der Waals surface area contributed by atoms with E-state index in [4.69, 9.17) is 23.2 Å². The van der Waals surface area contributed by atoms with Gasteiger partial charge < -0.3 is 19.9 Å². The molecule has 7 nitrogen and oxygen atoms in total. The highest BCUT2D eigenvalue weighted by Crippen LogP contribution is 2.39. The van der Waals surface area contributed by atoms with Gasteiger partial charge in [0.2, 0.25) is 5.91 Å². The first-order valence-electron chi connectivity index (χ1n) is 14.5. The molecule has 0 saturated carbocycles. The van der Waals surface area contributed by atoms with Crippen molar-refractivity contribution in [3.05, 3.63) is 90.6 Å². The molecule has 0 aliphatic rings. The van der Waals surface area contributed by atoms with Crippen LogP contribution in [-0.2, 0) is 22.2 Å². The van der Waals surface area contributed by atoms with Gasteiger partial charge in [0.05, 0.1) is 28.1 Å². The monoisotopic (exact) mass is 685 g/mol. The molecule has 250 valence electrons. The summed E-state index contributed by atoms with van der Waals surface area (Å²) < 4.78 is 58.3. The third-order valence-electron chi connectivity index (χ3n) is 7.46. The molecule has 2 aromatic carbocycles. The first kappa shape index (κ1) is 37.1. The molecule has 1 aromatic heterocycles. The van der Waals surface area contributed by atoms with Gasteiger partial charge >= 0.3 is 12.1 Å². The van der Waals surface area contributed by atoms with Gasteiger partial charge in [-0.2, -0.15) is 13.2 Å². The van der Waals surface area contributed by atoms with Crippen molar-refractivity contribution >= 4 is 35.1 Å². The summed E-state index contributed by atoms with van der Waals surface area (Å²) >= 11 is 13.0. The fourth-order valence-electron chi connectivity index (χ4n) is 5.29. The van der Waals surface area contributed by atoms with Crippen molar-refractivity contribution in [3.63, 3.8) is 0 Å². The van der Waals surface area contributed by atoms with Crippen LogP contribution in [0.2, 0.25) is 10.0 Å². The number of hydrogen-bond donors (Lipinski definition) is 2. The summed E-state index contributed by atoms with van der Waals surface area (Å²) in [4.78, 5) is 40.7. The van der Waals surface area contributed by atoms with E-state index in [-0.39, 0.29) is 52.0 Å². The number of aromatic nitrogens is 1. The number of aryl methyl sites for hydroxylation is 2. The number of amides is 1. The molecule has 3 rings (SSSR count). The zero-order valence-corrected chi connectivity index (χ0v) is 27.9. The molecule has 0 aliphatic heterocycles. The minimum Gasteiger partial charge on any atom is -0.481 e. The van der Waals surface area contributed by atoms with Crippen LogP contribution >= 0.6 is 23.2 Å². The van der Waals surface area contributed by atoms with Gasteiger partial charge in [0.25, 0.3) is 5.56 Å². The van der Waals surface area contributed by atoms with Crippen molar-refractivity contribution in [1.82, 2.24) is 14.8 Å². The SMILES string of the molecule is Cc1cc(Cl)c(-c2cc(C)c(F)c(C(CC(=O)O)NC(=O)C(CC(C)C)n3cc(CCN(C)C)c(C(F)(F)F)cc3=O)c2)c(Cl)c1. The number of carbonyl (C=O) groups excluding carboxylic acids is 1. The number of nitrogens with zero attached hydrogens (tertiary/aromatic N) is 2. The number of alkyl halides is 3. The third-order valence-corrected chi connectivity index (χ3v) is 8.05. The first-order valence-corrected chi connectivity index (χ1v) is 15.3. The first-order chi connectivity index (χ1) is 21.3. The predicted molar refractivity (Wildman–Crippen MR) is 171 cm³/mol. The molecule has 1 amide bonds. The number of hydrogen-bond acceptors (Lipinski definition) is 4. The number of carboxylic acid groups (broad SMARTS) is 1. The molecular weight excluding hydrogens is 649 g/mol. The molecule has 0 saturated heterocycles. The lowest BCUT2D eigenvalue weighted by Gasteiger charge is -2.27. The van der Waals surface area contributed by atoms with Crippen LogP contribution in [0.5, 0.6) is 0 Å². The molecule has 2 N–H and O–H groups in total. The maximum atomic E-state index is 15.7. The molecule has 0 radical (unpaired) electrons. The maximum Gasteiger partial charge on any atom is 0.416 e. The van der Waals surface area contributed by atoms with Crippen molar-refractivity contribution in [3.8, 4) is 11.1 Å². The summed E-state index contributed by atoms with van der Waals surface area (Å²) in [6.07, 6.45) is -4.52. The Balaban J connectivity index is 2.15. The Morgan fingerprint density at radius 1 is 1.04 bits per heavy atom. The summed E-state index contributed by atoms with van der Waals surface area (Å²) in [7, 11) is 3.38. The van der Waals surface area contributed by atoms with Crippen molar-refractivity contribution < 1.29 is 32.3 Å². The average Bonchev–Trinajstić information content (AvgIpc) is 2.90. The number of carboxylic acids is 1. The minimum atomic E-state index is -4.80. The van der Waals surface area contributed by atoms with E-state index < -0.39 is 53.5 Å². The van der Waals surface area contributed by atoms with Crippen LogP contribution in [0, 0.1) is 25.6 Å².